The van der Waals surface area contributed by atoms with E-state index in [-0.39, 0.29) is 0 Å². The van der Waals surface area contributed by atoms with Gasteiger partial charge in [-0.25, -0.2) is 0 Å². The maximum Gasteiger partial charge on any atom is 0.180 e. The number of fused-ring (bicyclic) bond motifs is 1. The summed E-state index contributed by atoms with van der Waals surface area (Å²) in [6.45, 7) is 2.27. The standard InChI is InChI=1S/C15H20NS/c1-3-12-7-6-8-13-15(12)14(11-16(13)2)17-9-4-5-10-17/h6-8,11H,3-5,9-10H2,1-2H3/q+1. The van der Waals surface area contributed by atoms with Gasteiger partial charge in [0.1, 0.15) is 11.5 Å². The van der Waals surface area contributed by atoms with Gasteiger partial charge in [0.15, 0.2) is 4.90 Å². The van der Waals surface area contributed by atoms with E-state index in [9.17, 15) is 0 Å². The lowest BCUT2D eigenvalue weighted by molar-refractivity contribution is 0.949. The Hall–Kier alpha value is -0.890. The van der Waals surface area contributed by atoms with Gasteiger partial charge in [0, 0.05) is 17.9 Å². The first-order valence-corrected chi connectivity index (χ1v) is 8.12. The summed E-state index contributed by atoms with van der Waals surface area (Å²) in [5.74, 6) is 2.83. The highest BCUT2D eigenvalue weighted by Gasteiger charge is 2.30. The zero-order chi connectivity index (χ0) is 11.8. The lowest BCUT2D eigenvalue weighted by Crippen LogP contribution is -2.03. The topological polar surface area (TPSA) is 4.93 Å². The third-order valence-electron chi connectivity index (χ3n) is 3.79. The predicted octanol–water partition coefficient (Wildman–Crippen LogP) is 3.51. The quantitative estimate of drug-likeness (QED) is 0.715. The predicted molar refractivity (Wildman–Crippen MR) is 76.9 cm³/mol. The molecule has 1 aliphatic rings. The van der Waals surface area contributed by atoms with Gasteiger partial charge in [-0.2, -0.15) is 0 Å². The molecule has 0 aliphatic carbocycles. The van der Waals surface area contributed by atoms with Crippen molar-refractivity contribution >= 4 is 21.8 Å². The first kappa shape index (κ1) is 11.2. The number of hydrogen-bond donors (Lipinski definition) is 0. The van der Waals surface area contributed by atoms with Crippen molar-refractivity contribution in [2.45, 2.75) is 31.1 Å². The van der Waals surface area contributed by atoms with Crippen molar-refractivity contribution in [1.82, 2.24) is 4.57 Å². The second-order valence-corrected chi connectivity index (χ2v) is 7.12. The van der Waals surface area contributed by atoms with Gasteiger partial charge in [0.25, 0.3) is 0 Å². The van der Waals surface area contributed by atoms with Gasteiger partial charge in [-0.15, -0.1) is 0 Å². The minimum Gasteiger partial charge on any atom is -0.346 e. The van der Waals surface area contributed by atoms with Crippen molar-refractivity contribution in [2.24, 2.45) is 7.05 Å². The molecule has 1 aromatic heterocycles. The van der Waals surface area contributed by atoms with Gasteiger partial charge in [-0.3, -0.25) is 0 Å². The molecule has 0 radical (unpaired) electrons. The fourth-order valence-electron chi connectivity index (χ4n) is 2.86. The van der Waals surface area contributed by atoms with E-state index in [4.69, 9.17) is 0 Å². The highest BCUT2D eigenvalue weighted by molar-refractivity contribution is 7.97. The normalized spacial score (nSPS) is 17.1. The van der Waals surface area contributed by atoms with Crippen LogP contribution in [0.5, 0.6) is 0 Å². The SMILES string of the molecule is CCc1cccc2c1c([S+]1CCCC1)cn2C. The zero-order valence-corrected chi connectivity index (χ0v) is 11.5. The molecule has 0 amide bonds. The highest BCUT2D eigenvalue weighted by atomic mass is 32.2. The zero-order valence-electron chi connectivity index (χ0n) is 10.7. The van der Waals surface area contributed by atoms with Crippen molar-refractivity contribution in [3.8, 4) is 0 Å². The van der Waals surface area contributed by atoms with Crippen molar-refractivity contribution in [3.63, 3.8) is 0 Å². The number of aryl methyl sites for hydroxylation is 2. The average Bonchev–Trinajstić information content (AvgIpc) is 2.97. The summed E-state index contributed by atoms with van der Waals surface area (Å²) >= 11 is 0. The van der Waals surface area contributed by atoms with E-state index in [1.807, 2.05) is 0 Å². The molecule has 0 unspecified atom stereocenters. The molecule has 1 aliphatic heterocycles. The van der Waals surface area contributed by atoms with E-state index < -0.39 is 0 Å². The summed E-state index contributed by atoms with van der Waals surface area (Å²) in [7, 11) is 2.71. The smallest absolute Gasteiger partial charge is 0.180 e. The van der Waals surface area contributed by atoms with E-state index >= 15 is 0 Å². The average molecular weight is 246 g/mol. The molecule has 3 rings (SSSR count). The minimum atomic E-state index is 0.523. The Morgan fingerprint density at radius 1 is 1.24 bits per heavy atom. The third-order valence-corrected chi connectivity index (χ3v) is 6.28. The van der Waals surface area contributed by atoms with Crippen LogP contribution in [0.15, 0.2) is 29.3 Å². The molecular weight excluding hydrogens is 226 g/mol. The lowest BCUT2D eigenvalue weighted by Gasteiger charge is -2.03. The maximum atomic E-state index is 2.39. The Morgan fingerprint density at radius 2 is 2.00 bits per heavy atom. The summed E-state index contributed by atoms with van der Waals surface area (Å²) < 4.78 is 2.31. The Labute approximate surface area is 106 Å². The van der Waals surface area contributed by atoms with Gasteiger partial charge < -0.3 is 4.57 Å². The van der Waals surface area contributed by atoms with Gasteiger partial charge >= 0.3 is 0 Å². The number of hydrogen-bond acceptors (Lipinski definition) is 0. The second kappa shape index (κ2) is 4.41. The molecule has 0 bridgehead atoms. The molecule has 1 fully saturated rings. The first-order valence-electron chi connectivity index (χ1n) is 6.55. The van der Waals surface area contributed by atoms with Crippen molar-refractivity contribution in [1.29, 1.82) is 0 Å². The van der Waals surface area contributed by atoms with E-state index in [0.29, 0.717) is 10.9 Å². The Balaban J connectivity index is 2.23. The summed E-state index contributed by atoms with van der Waals surface area (Å²) in [5, 5.41) is 1.56. The Morgan fingerprint density at radius 3 is 2.71 bits per heavy atom. The molecule has 2 heterocycles. The van der Waals surface area contributed by atoms with Gasteiger partial charge in [0.2, 0.25) is 0 Å². The molecule has 1 saturated heterocycles. The van der Waals surface area contributed by atoms with Crippen LogP contribution >= 0.6 is 0 Å². The molecule has 1 aromatic carbocycles. The molecule has 2 heteroatoms. The molecule has 1 nitrogen and oxygen atoms in total. The molecule has 0 saturated carbocycles. The van der Waals surface area contributed by atoms with E-state index in [1.54, 1.807) is 10.3 Å². The summed E-state index contributed by atoms with van der Waals surface area (Å²) in [6.07, 6.45) is 6.38. The monoisotopic (exact) mass is 246 g/mol. The number of aromatic nitrogens is 1. The van der Waals surface area contributed by atoms with Crippen LogP contribution in [0.2, 0.25) is 0 Å². The summed E-state index contributed by atoms with van der Waals surface area (Å²) in [4.78, 5) is 1.64. The minimum absolute atomic E-state index is 0.523. The second-order valence-electron chi connectivity index (χ2n) is 4.88. The van der Waals surface area contributed by atoms with E-state index in [0.717, 1.165) is 6.42 Å². The third kappa shape index (κ3) is 1.79. The molecule has 0 N–H and O–H groups in total. The lowest BCUT2D eigenvalue weighted by atomic mass is 10.1. The van der Waals surface area contributed by atoms with Crippen LogP contribution in [0.25, 0.3) is 10.9 Å². The molecular formula is C15H20NS+. The summed E-state index contributed by atoms with van der Waals surface area (Å²) in [6, 6.07) is 6.76. The van der Waals surface area contributed by atoms with Gasteiger partial charge in [0.05, 0.1) is 17.1 Å². The van der Waals surface area contributed by atoms with Crippen molar-refractivity contribution in [2.75, 3.05) is 11.5 Å². The fraction of sp³-hybridized carbons (Fsp3) is 0.467. The largest absolute Gasteiger partial charge is 0.346 e. The van der Waals surface area contributed by atoms with Crippen LogP contribution in [-0.2, 0) is 24.4 Å². The van der Waals surface area contributed by atoms with Crippen LogP contribution in [0.3, 0.4) is 0 Å². The number of nitrogens with zero attached hydrogens (tertiary/aromatic N) is 1. The Bertz CT molecular complexity index is 535. The molecule has 90 valence electrons. The van der Waals surface area contributed by atoms with Crippen LogP contribution in [0, 0.1) is 0 Å². The fourth-order valence-corrected chi connectivity index (χ4v) is 5.44. The van der Waals surface area contributed by atoms with Gasteiger partial charge in [-0.05, 0) is 30.9 Å². The van der Waals surface area contributed by atoms with Gasteiger partial charge in [-0.1, -0.05) is 19.1 Å². The van der Waals surface area contributed by atoms with Crippen LogP contribution in [-0.4, -0.2) is 16.1 Å². The molecule has 17 heavy (non-hydrogen) atoms. The number of rotatable bonds is 2. The Kier molecular flexibility index (Phi) is 2.91. The van der Waals surface area contributed by atoms with Crippen LogP contribution in [0.4, 0.5) is 0 Å². The highest BCUT2D eigenvalue weighted by Crippen LogP contribution is 2.33. The maximum absolute atomic E-state index is 2.39. The van der Waals surface area contributed by atoms with Crippen molar-refractivity contribution in [3.05, 3.63) is 30.0 Å². The number of benzene rings is 1. The molecule has 0 atom stereocenters. The molecule has 2 aromatic rings. The van der Waals surface area contributed by atoms with E-state index in [1.165, 1.54) is 35.4 Å². The molecule has 0 spiro atoms. The first-order chi connectivity index (χ1) is 8.31. The van der Waals surface area contributed by atoms with E-state index in [2.05, 4.69) is 42.9 Å². The van der Waals surface area contributed by atoms with Crippen LogP contribution in [0.1, 0.15) is 25.3 Å². The van der Waals surface area contributed by atoms with Crippen LogP contribution < -0.4 is 0 Å². The van der Waals surface area contributed by atoms with Crippen molar-refractivity contribution < 1.29 is 0 Å². The summed E-state index contributed by atoms with van der Waals surface area (Å²) in [5.41, 5.74) is 2.94.